The summed E-state index contributed by atoms with van der Waals surface area (Å²) in [6.45, 7) is 5.82. The summed E-state index contributed by atoms with van der Waals surface area (Å²) in [6.07, 6.45) is 0.0812. The normalized spacial score (nSPS) is 10.6. The van der Waals surface area contributed by atoms with E-state index in [2.05, 4.69) is 0 Å². The first kappa shape index (κ1) is 10.7. The van der Waals surface area contributed by atoms with Gasteiger partial charge in [-0.05, 0) is 38.5 Å². The molecular weight excluding hydrogens is 207 g/mol. The summed E-state index contributed by atoms with van der Waals surface area (Å²) in [6, 6.07) is 3.68. The third-order valence-electron chi connectivity index (χ3n) is 1.50. The Balaban J connectivity index is 3.06. The SMILES string of the molecule is Cc1cc(Cl)c(OC(C)C)c(Cl)c1. The van der Waals surface area contributed by atoms with Crippen molar-refractivity contribution in [3.8, 4) is 5.75 Å². The molecule has 0 unspecified atom stereocenters. The van der Waals surface area contributed by atoms with Crippen molar-refractivity contribution in [1.29, 1.82) is 0 Å². The number of aryl methyl sites for hydroxylation is 1. The third kappa shape index (κ3) is 2.78. The Hall–Kier alpha value is -0.400. The van der Waals surface area contributed by atoms with Crippen molar-refractivity contribution in [1.82, 2.24) is 0 Å². The van der Waals surface area contributed by atoms with Gasteiger partial charge in [-0.1, -0.05) is 23.2 Å². The van der Waals surface area contributed by atoms with E-state index < -0.39 is 0 Å². The predicted octanol–water partition coefficient (Wildman–Crippen LogP) is 4.09. The zero-order chi connectivity index (χ0) is 10.0. The van der Waals surface area contributed by atoms with Gasteiger partial charge in [0.25, 0.3) is 0 Å². The van der Waals surface area contributed by atoms with Gasteiger partial charge in [0.1, 0.15) is 0 Å². The Kier molecular flexibility index (Phi) is 3.46. The minimum absolute atomic E-state index is 0.0812. The first-order chi connectivity index (χ1) is 6.00. The minimum Gasteiger partial charge on any atom is -0.488 e. The number of halogens is 2. The number of hydrogen-bond acceptors (Lipinski definition) is 1. The highest BCUT2D eigenvalue weighted by Gasteiger charge is 2.09. The number of benzene rings is 1. The smallest absolute Gasteiger partial charge is 0.156 e. The molecule has 0 aliphatic rings. The van der Waals surface area contributed by atoms with Gasteiger partial charge in [0, 0.05) is 0 Å². The lowest BCUT2D eigenvalue weighted by atomic mass is 10.2. The molecule has 0 aliphatic carbocycles. The van der Waals surface area contributed by atoms with Crippen molar-refractivity contribution >= 4 is 23.2 Å². The summed E-state index contributed by atoms with van der Waals surface area (Å²) in [7, 11) is 0. The number of ether oxygens (including phenoxy) is 1. The second kappa shape index (κ2) is 4.21. The first-order valence-corrected chi connectivity index (χ1v) is 4.88. The average molecular weight is 219 g/mol. The van der Waals surface area contributed by atoms with E-state index in [1.54, 1.807) is 0 Å². The Morgan fingerprint density at radius 2 is 1.62 bits per heavy atom. The van der Waals surface area contributed by atoms with Crippen molar-refractivity contribution in [2.24, 2.45) is 0 Å². The van der Waals surface area contributed by atoms with Gasteiger partial charge in [0.15, 0.2) is 5.75 Å². The van der Waals surface area contributed by atoms with E-state index in [0.29, 0.717) is 15.8 Å². The summed E-state index contributed by atoms with van der Waals surface area (Å²) in [5, 5.41) is 1.14. The van der Waals surface area contributed by atoms with Crippen LogP contribution in [0.2, 0.25) is 10.0 Å². The van der Waals surface area contributed by atoms with E-state index in [4.69, 9.17) is 27.9 Å². The Morgan fingerprint density at radius 1 is 1.15 bits per heavy atom. The van der Waals surface area contributed by atoms with Crippen molar-refractivity contribution in [2.75, 3.05) is 0 Å². The van der Waals surface area contributed by atoms with E-state index in [1.807, 2.05) is 32.9 Å². The molecule has 1 aromatic rings. The zero-order valence-corrected chi connectivity index (χ0v) is 9.41. The van der Waals surface area contributed by atoms with Gasteiger partial charge in [-0.25, -0.2) is 0 Å². The van der Waals surface area contributed by atoms with Crippen molar-refractivity contribution in [2.45, 2.75) is 26.9 Å². The van der Waals surface area contributed by atoms with E-state index in [9.17, 15) is 0 Å². The van der Waals surface area contributed by atoms with Gasteiger partial charge in [-0.15, -0.1) is 0 Å². The quantitative estimate of drug-likeness (QED) is 0.727. The van der Waals surface area contributed by atoms with Crippen molar-refractivity contribution < 1.29 is 4.74 Å². The van der Waals surface area contributed by atoms with Crippen molar-refractivity contribution in [3.63, 3.8) is 0 Å². The molecule has 1 rings (SSSR count). The van der Waals surface area contributed by atoms with E-state index in [1.165, 1.54) is 0 Å². The molecule has 0 aromatic heterocycles. The van der Waals surface area contributed by atoms with Gasteiger partial charge < -0.3 is 4.74 Å². The second-order valence-corrected chi connectivity index (χ2v) is 4.04. The fourth-order valence-electron chi connectivity index (χ4n) is 1.03. The highest BCUT2D eigenvalue weighted by atomic mass is 35.5. The van der Waals surface area contributed by atoms with Gasteiger partial charge in [-0.3, -0.25) is 0 Å². The maximum atomic E-state index is 5.97. The second-order valence-electron chi connectivity index (χ2n) is 3.22. The molecule has 0 bridgehead atoms. The zero-order valence-electron chi connectivity index (χ0n) is 7.90. The molecule has 0 fully saturated rings. The minimum atomic E-state index is 0.0812. The molecule has 0 amide bonds. The Bertz CT molecular complexity index is 285. The molecule has 72 valence electrons. The van der Waals surface area contributed by atoms with E-state index in [-0.39, 0.29) is 6.10 Å². The highest BCUT2D eigenvalue weighted by Crippen LogP contribution is 2.34. The Morgan fingerprint density at radius 3 is 2.00 bits per heavy atom. The maximum absolute atomic E-state index is 5.97. The fourth-order valence-corrected chi connectivity index (χ4v) is 1.72. The summed E-state index contributed by atoms with van der Waals surface area (Å²) in [4.78, 5) is 0. The molecular formula is C10H12Cl2O. The third-order valence-corrected chi connectivity index (χ3v) is 2.06. The molecule has 0 atom stereocenters. The topological polar surface area (TPSA) is 9.23 Å². The van der Waals surface area contributed by atoms with Gasteiger partial charge in [-0.2, -0.15) is 0 Å². The standard InChI is InChI=1S/C10H12Cl2O/c1-6(2)13-10-8(11)4-7(3)5-9(10)12/h4-6H,1-3H3. The molecule has 0 saturated heterocycles. The van der Waals surface area contributed by atoms with Crippen LogP contribution in [0.5, 0.6) is 5.75 Å². The van der Waals surface area contributed by atoms with Crippen LogP contribution in [0.4, 0.5) is 0 Å². The van der Waals surface area contributed by atoms with Crippen LogP contribution in [-0.2, 0) is 0 Å². The van der Waals surface area contributed by atoms with Crippen LogP contribution in [0.15, 0.2) is 12.1 Å². The molecule has 13 heavy (non-hydrogen) atoms. The highest BCUT2D eigenvalue weighted by molar-refractivity contribution is 6.37. The number of rotatable bonds is 2. The van der Waals surface area contributed by atoms with Crippen LogP contribution in [-0.4, -0.2) is 6.10 Å². The van der Waals surface area contributed by atoms with Crippen molar-refractivity contribution in [3.05, 3.63) is 27.7 Å². The van der Waals surface area contributed by atoms with E-state index >= 15 is 0 Å². The largest absolute Gasteiger partial charge is 0.488 e. The first-order valence-electron chi connectivity index (χ1n) is 4.13. The lowest BCUT2D eigenvalue weighted by Crippen LogP contribution is -2.06. The molecule has 0 heterocycles. The summed E-state index contributed by atoms with van der Waals surface area (Å²) < 4.78 is 5.47. The van der Waals surface area contributed by atoms with Crippen LogP contribution < -0.4 is 4.74 Å². The average Bonchev–Trinajstić information content (AvgIpc) is 1.96. The molecule has 0 spiro atoms. The van der Waals surface area contributed by atoms with E-state index in [0.717, 1.165) is 5.56 Å². The molecule has 3 heteroatoms. The Labute approximate surface area is 88.6 Å². The monoisotopic (exact) mass is 218 g/mol. The van der Waals surface area contributed by atoms with Crippen LogP contribution in [0, 0.1) is 6.92 Å². The maximum Gasteiger partial charge on any atom is 0.156 e. The molecule has 1 nitrogen and oxygen atoms in total. The van der Waals surface area contributed by atoms with Gasteiger partial charge in [0.05, 0.1) is 16.1 Å². The van der Waals surface area contributed by atoms with Crippen LogP contribution in [0.1, 0.15) is 19.4 Å². The fraction of sp³-hybridized carbons (Fsp3) is 0.400. The molecule has 1 aromatic carbocycles. The lowest BCUT2D eigenvalue weighted by Gasteiger charge is -2.13. The van der Waals surface area contributed by atoms with Gasteiger partial charge in [0.2, 0.25) is 0 Å². The summed E-state index contributed by atoms with van der Waals surface area (Å²) >= 11 is 11.9. The molecule has 0 saturated carbocycles. The van der Waals surface area contributed by atoms with Crippen LogP contribution in [0.3, 0.4) is 0 Å². The lowest BCUT2D eigenvalue weighted by molar-refractivity contribution is 0.242. The van der Waals surface area contributed by atoms with Gasteiger partial charge >= 0.3 is 0 Å². The number of hydrogen-bond donors (Lipinski definition) is 0. The summed E-state index contributed by atoms with van der Waals surface area (Å²) in [5.74, 6) is 0.573. The molecule has 0 radical (unpaired) electrons. The summed E-state index contributed by atoms with van der Waals surface area (Å²) in [5.41, 5.74) is 1.03. The van der Waals surface area contributed by atoms with Crippen LogP contribution in [0.25, 0.3) is 0 Å². The van der Waals surface area contributed by atoms with Crippen LogP contribution >= 0.6 is 23.2 Å². The predicted molar refractivity (Wildman–Crippen MR) is 57.0 cm³/mol. The molecule has 0 aliphatic heterocycles. The molecule has 0 N–H and O–H groups in total.